The lowest BCUT2D eigenvalue weighted by Crippen LogP contribution is -2.25. The highest BCUT2D eigenvalue weighted by Crippen LogP contribution is 2.32. The Labute approximate surface area is 197 Å². The lowest BCUT2D eigenvalue weighted by molar-refractivity contribution is -0.123. The molecular formula is C26H27BrN2O3. The van der Waals surface area contributed by atoms with Crippen molar-refractivity contribution in [3.63, 3.8) is 0 Å². The van der Waals surface area contributed by atoms with Crippen molar-refractivity contribution in [3.8, 4) is 11.5 Å². The van der Waals surface area contributed by atoms with Crippen LogP contribution in [0.3, 0.4) is 0 Å². The zero-order valence-corrected chi connectivity index (χ0v) is 20.1. The van der Waals surface area contributed by atoms with E-state index in [1.807, 2.05) is 73.7 Å². The minimum atomic E-state index is -0.334. The van der Waals surface area contributed by atoms with Gasteiger partial charge in [-0.15, -0.1) is 0 Å². The van der Waals surface area contributed by atoms with Gasteiger partial charge >= 0.3 is 0 Å². The van der Waals surface area contributed by atoms with Gasteiger partial charge in [0, 0.05) is 10.0 Å². The Hall–Kier alpha value is -3.12. The summed E-state index contributed by atoms with van der Waals surface area (Å²) in [5.41, 5.74) is 6.46. The molecule has 0 saturated heterocycles. The molecule has 3 rings (SSSR count). The first-order chi connectivity index (χ1) is 15.4. The molecular weight excluding hydrogens is 468 g/mol. The van der Waals surface area contributed by atoms with E-state index >= 15 is 0 Å². The van der Waals surface area contributed by atoms with Crippen LogP contribution in [0.5, 0.6) is 11.5 Å². The second-order valence-corrected chi connectivity index (χ2v) is 8.54. The molecule has 0 heterocycles. The molecule has 0 saturated carbocycles. The minimum absolute atomic E-state index is 0.121. The third kappa shape index (κ3) is 6.69. The van der Waals surface area contributed by atoms with Gasteiger partial charge < -0.3 is 9.47 Å². The lowest BCUT2D eigenvalue weighted by atomic mass is 10.0. The van der Waals surface area contributed by atoms with Crippen LogP contribution < -0.4 is 14.9 Å². The number of aryl methyl sites for hydroxylation is 1. The topological polar surface area (TPSA) is 59.9 Å². The van der Waals surface area contributed by atoms with E-state index in [-0.39, 0.29) is 18.4 Å². The van der Waals surface area contributed by atoms with E-state index in [2.05, 4.69) is 40.3 Å². The number of benzene rings is 3. The summed E-state index contributed by atoms with van der Waals surface area (Å²) in [6.07, 6.45) is 1.57. The second kappa shape index (κ2) is 11.5. The van der Waals surface area contributed by atoms with Crippen LogP contribution >= 0.6 is 15.9 Å². The van der Waals surface area contributed by atoms with Gasteiger partial charge in [-0.2, -0.15) is 5.10 Å². The average molecular weight is 495 g/mol. The quantitative estimate of drug-likeness (QED) is 0.293. The highest BCUT2D eigenvalue weighted by molar-refractivity contribution is 9.10. The van der Waals surface area contributed by atoms with Gasteiger partial charge in [0.1, 0.15) is 18.1 Å². The van der Waals surface area contributed by atoms with E-state index in [0.29, 0.717) is 18.1 Å². The Balaban J connectivity index is 1.57. The Morgan fingerprint density at radius 3 is 2.50 bits per heavy atom. The standard InChI is InChI=1S/C26H27BrN2O3/c1-18(2)22-14-23(27)19(3)13-25(22)32-17-26(30)29-28-15-21-11-7-8-12-24(21)31-16-20-9-5-4-6-10-20/h4-15,18H,16-17H2,1-3H3,(H,29,30)/b28-15+. The SMILES string of the molecule is Cc1cc(OCC(=O)N/N=C/c2ccccc2OCc2ccccc2)c(C(C)C)cc1Br. The summed E-state index contributed by atoms with van der Waals surface area (Å²) in [5.74, 6) is 1.34. The smallest absolute Gasteiger partial charge is 0.277 e. The first-order valence-electron chi connectivity index (χ1n) is 10.4. The molecule has 0 bridgehead atoms. The number of hydrogen-bond acceptors (Lipinski definition) is 4. The molecule has 166 valence electrons. The summed E-state index contributed by atoms with van der Waals surface area (Å²) in [6, 6.07) is 21.5. The van der Waals surface area contributed by atoms with Gasteiger partial charge in [-0.25, -0.2) is 5.43 Å². The molecule has 0 radical (unpaired) electrons. The molecule has 0 aliphatic heterocycles. The summed E-state index contributed by atoms with van der Waals surface area (Å²) in [7, 11) is 0. The number of rotatable bonds is 9. The summed E-state index contributed by atoms with van der Waals surface area (Å²) in [4.78, 5) is 12.2. The monoisotopic (exact) mass is 494 g/mol. The van der Waals surface area contributed by atoms with Gasteiger partial charge in [0.25, 0.3) is 5.91 Å². The summed E-state index contributed by atoms with van der Waals surface area (Å²) in [6.45, 7) is 6.50. The van der Waals surface area contributed by atoms with Gasteiger partial charge in [-0.1, -0.05) is 72.2 Å². The molecule has 0 unspecified atom stereocenters. The van der Waals surface area contributed by atoms with Crippen LogP contribution in [0.1, 0.15) is 42.0 Å². The van der Waals surface area contributed by atoms with Crippen LogP contribution in [0.25, 0.3) is 0 Å². The third-order valence-electron chi connectivity index (χ3n) is 4.82. The van der Waals surface area contributed by atoms with Crippen molar-refractivity contribution in [2.75, 3.05) is 6.61 Å². The van der Waals surface area contributed by atoms with Crippen molar-refractivity contribution in [1.29, 1.82) is 0 Å². The van der Waals surface area contributed by atoms with Crippen molar-refractivity contribution >= 4 is 28.1 Å². The molecule has 3 aromatic rings. The number of hydrogen-bond donors (Lipinski definition) is 1. The van der Waals surface area contributed by atoms with Crippen molar-refractivity contribution < 1.29 is 14.3 Å². The number of carbonyl (C=O) groups excluding carboxylic acids is 1. The average Bonchev–Trinajstić information content (AvgIpc) is 2.79. The van der Waals surface area contributed by atoms with E-state index in [4.69, 9.17) is 9.47 Å². The van der Waals surface area contributed by atoms with E-state index in [1.54, 1.807) is 6.21 Å². The summed E-state index contributed by atoms with van der Waals surface area (Å²) in [5, 5.41) is 4.07. The molecule has 0 aromatic heterocycles. The van der Waals surface area contributed by atoms with Crippen molar-refractivity contribution in [2.45, 2.75) is 33.3 Å². The Morgan fingerprint density at radius 1 is 1.03 bits per heavy atom. The fourth-order valence-corrected chi connectivity index (χ4v) is 3.41. The number of ether oxygens (including phenoxy) is 2. The number of halogens is 1. The molecule has 0 spiro atoms. The van der Waals surface area contributed by atoms with E-state index in [0.717, 1.165) is 26.7 Å². The molecule has 1 N–H and O–H groups in total. The maximum absolute atomic E-state index is 12.2. The fraction of sp³-hybridized carbons (Fsp3) is 0.231. The van der Waals surface area contributed by atoms with Gasteiger partial charge in [0.2, 0.25) is 0 Å². The zero-order valence-electron chi connectivity index (χ0n) is 18.5. The predicted octanol–water partition coefficient (Wildman–Crippen LogP) is 5.99. The molecule has 0 aliphatic rings. The van der Waals surface area contributed by atoms with Gasteiger partial charge in [0.15, 0.2) is 6.61 Å². The normalized spacial score (nSPS) is 11.0. The van der Waals surface area contributed by atoms with Gasteiger partial charge in [0.05, 0.1) is 6.21 Å². The third-order valence-corrected chi connectivity index (χ3v) is 5.68. The van der Waals surface area contributed by atoms with Gasteiger partial charge in [-0.3, -0.25) is 4.79 Å². The Kier molecular flexibility index (Phi) is 8.45. The zero-order chi connectivity index (χ0) is 22.9. The number of nitrogens with one attached hydrogen (secondary N) is 1. The number of nitrogens with zero attached hydrogens (tertiary/aromatic N) is 1. The minimum Gasteiger partial charge on any atom is -0.488 e. The van der Waals surface area contributed by atoms with Crippen molar-refractivity contribution in [2.24, 2.45) is 5.10 Å². The van der Waals surface area contributed by atoms with Crippen LogP contribution in [-0.2, 0) is 11.4 Å². The first kappa shape index (κ1) is 23.5. The van der Waals surface area contributed by atoms with E-state index in [1.165, 1.54) is 0 Å². The predicted molar refractivity (Wildman–Crippen MR) is 131 cm³/mol. The number of amides is 1. The van der Waals surface area contributed by atoms with Crippen molar-refractivity contribution in [3.05, 3.63) is 93.5 Å². The molecule has 0 aliphatic carbocycles. The number of carbonyl (C=O) groups is 1. The fourth-order valence-electron chi connectivity index (χ4n) is 3.05. The first-order valence-corrected chi connectivity index (χ1v) is 11.2. The van der Waals surface area contributed by atoms with Crippen molar-refractivity contribution in [1.82, 2.24) is 5.43 Å². The maximum Gasteiger partial charge on any atom is 0.277 e. The summed E-state index contributed by atoms with van der Waals surface area (Å²) >= 11 is 3.55. The van der Waals surface area contributed by atoms with E-state index in [9.17, 15) is 4.79 Å². The van der Waals surface area contributed by atoms with Crippen LogP contribution in [0.4, 0.5) is 0 Å². The molecule has 0 fully saturated rings. The molecule has 6 heteroatoms. The maximum atomic E-state index is 12.2. The van der Waals surface area contributed by atoms with Crippen LogP contribution in [0.2, 0.25) is 0 Å². The van der Waals surface area contributed by atoms with Gasteiger partial charge in [-0.05, 0) is 53.8 Å². The second-order valence-electron chi connectivity index (χ2n) is 7.69. The number of hydrazone groups is 1. The number of para-hydroxylation sites is 1. The van der Waals surface area contributed by atoms with Crippen LogP contribution in [0, 0.1) is 6.92 Å². The highest BCUT2D eigenvalue weighted by atomic mass is 79.9. The Morgan fingerprint density at radius 2 is 1.75 bits per heavy atom. The summed E-state index contributed by atoms with van der Waals surface area (Å²) < 4.78 is 12.7. The molecule has 0 atom stereocenters. The van der Waals surface area contributed by atoms with Crippen LogP contribution in [-0.4, -0.2) is 18.7 Å². The largest absolute Gasteiger partial charge is 0.488 e. The van der Waals surface area contributed by atoms with E-state index < -0.39 is 0 Å². The Bertz CT molecular complexity index is 1080. The molecule has 1 amide bonds. The molecule has 5 nitrogen and oxygen atoms in total. The molecule has 3 aromatic carbocycles. The molecule has 32 heavy (non-hydrogen) atoms. The van der Waals surface area contributed by atoms with Crippen LogP contribution in [0.15, 0.2) is 76.3 Å². The highest BCUT2D eigenvalue weighted by Gasteiger charge is 2.12. The lowest BCUT2D eigenvalue weighted by Gasteiger charge is -2.15.